The largest absolute Gasteiger partial charge is 0.357 e. The average molecular weight is 297 g/mol. The minimum absolute atomic E-state index is 0.779. The zero-order valence-corrected chi connectivity index (χ0v) is 14.5. The Kier molecular flexibility index (Phi) is 10.3. The van der Waals surface area contributed by atoms with Crippen LogP contribution in [-0.2, 0) is 0 Å². The van der Waals surface area contributed by atoms with Crippen molar-refractivity contribution in [2.45, 2.75) is 59.3 Å². The van der Waals surface area contributed by atoms with Crippen LogP contribution in [0.1, 0.15) is 59.3 Å². The minimum atomic E-state index is 0.779. The normalized spacial score (nSPS) is 16.7. The summed E-state index contributed by atoms with van der Waals surface area (Å²) in [5.74, 6) is 1.77. The Balaban J connectivity index is 2.07. The van der Waals surface area contributed by atoms with Crippen LogP contribution in [0.5, 0.6) is 0 Å². The number of hydrogen-bond donors (Lipinski definition) is 2. The van der Waals surface area contributed by atoms with E-state index in [-0.39, 0.29) is 0 Å². The molecule has 0 amide bonds. The van der Waals surface area contributed by atoms with Crippen molar-refractivity contribution in [2.75, 3.05) is 39.3 Å². The van der Waals surface area contributed by atoms with Crippen LogP contribution in [0.25, 0.3) is 0 Å². The Labute approximate surface area is 131 Å². The second kappa shape index (κ2) is 11.8. The van der Waals surface area contributed by atoms with Gasteiger partial charge in [0.2, 0.25) is 0 Å². The summed E-state index contributed by atoms with van der Waals surface area (Å²) in [4.78, 5) is 7.23. The summed E-state index contributed by atoms with van der Waals surface area (Å²) in [7, 11) is 0. The lowest BCUT2D eigenvalue weighted by Gasteiger charge is -2.15. The standard InChI is InChI=1S/C17H36N4/c1-4-18-17(20-12-9-10-16(2)3)19-11-5-6-13-21-14-7-8-15-21/h16H,4-15H2,1-3H3,(H2,18,19,20). The monoisotopic (exact) mass is 296 g/mol. The second-order valence-electron chi connectivity index (χ2n) is 6.48. The first-order valence-corrected chi connectivity index (χ1v) is 8.97. The molecule has 21 heavy (non-hydrogen) atoms. The Morgan fingerprint density at radius 1 is 1.10 bits per heavy atom. The molecule has 1 aliphatic rings. The maximum atomic E-state index is 4.64. The molecule has 1 saturated heterocycles. The van der Waals surface area contributed by atoms with Crippen molar-refractivity contribution in [1.29, 1.82) is 0 Å². The topological polar surface area (TPSA) is 39.7 Å². The first-order valence-electron chi connectivity index (χ1n) is 8.97. The Bertz CT molecular complexity index is 270. The van der Waals surface area contributed by atoms with E-state index in [1.807, 2.05) is 0 Å². The van der Waals surface area contributed by atoms with Crippen molar-refractivity contribution in [3.63, 3.8) is 0 Å². The van der Waals surface area contributed by atoms with Gasteiger partial charge >= 0.3 is 0 Å². The van der Waals surface area contributed by atoms with Crippen LogP contribution in [0.15, 0.2) is 4.99 Å². The Morgan fingerprint density at radius 3 is 2.52 bits per heavy atom. The van der Waals surface area contributed by atoms with E-state index >= 15 is 0 Å². The van der Waals surface area contributed by atoms with E-state index in [4.69, 9.17) is 0 Å². The summed E-state index contributed by atoms with van der Waals surface area (Å²) in [6.45, 7) is 13.5. The summed E-state index contributed by atoms with van der Waals surface area (Å²) in [5, 5.41) is 6.79. The predicted molar refractivity (Wildman–Crippen MR) is 93.0 cm³/mol. The molecule has 0 unspecified atom stereocenters. The van der Waals surface area contributed by atoms with Crippen molar-refractivity contribution < 1.29 is 0 Å². The molecule has 1 aliphatic heterocycles. The molecule has 2 N–H and O–H groups in total. The van der Waals surface area contributed by atoms with E-state index in [0.717, 1.165) is 31.5 Å². The van der Waals surface area contributed by atoms with Crippen LogP contribution in [0.4, 0.5) is 0 Å². The van der Waals surface area contributed by atoms with E-state index < -0.39 is 0 Å². The minimum Gasteiger partial charge on any atom is -0.357 e. The molecule has 1 rings (SSSR count). The fourth-order valence-corrected chi connectivity index (χ4v) is 2.71. The quantitative estimate of drug-likeness (QED) is 0.370. The van der Waals surface area contributed by atoms with E-state index in [1.165, 1.54) is 58.2 Å². The van der Waals surface area contributed by atoms with Gasteiger partial charge in [0.1, 0.15) is 0 Å². The Hall–Kier alpha value is -0.770. The lowest BCUT2D eigenvalue weighted by atomic mass is 10.1. The first-order chi connectivity index (χ1) is 10.2. The van der Waals surface area contributed by atoms with Gasteiger partial charge in [0.15, 0.2) is 5.96 Å². The Morgan fingerprint density at radius 2 is 1.86 bits per heavy atom. The number of nitrogens with one attached hydrogen (secondary N) is 2. The van der Waals surface area contributed by atoms with Gasteiger partial charge < -0.3 is 15.5 Å². The number of unbranched alkanes of at least 4 members (excludes halogenated alkanes) is 1. The molecule has 0 radical (unpaired) electrons. The summed E-state index contributed by atoms with van der Waals surface area (Å²) in [6.07, 6.45) is 7.76. The molecule has 0 saturated carbocycles. The highest BCUT2D eigenvalue weighted by molar-refractivity contribution is 5.79. The average Bonchev–Trinajstić information content (AvgIpc) is 2.96. The van der Waals surface area contributed by atoms with Gasteiger partial charge in [-0.05, 0) is 71.0 Å². The van der Waals surface area contributed by atoms with Crippen molar-refractivity contribution >= 4 is 5.96 Å². The number of rotatable bonds is 10. The van der Waals surface area contributed by atoms with Crippen LogP contribution >= 0.6 is 0 Å². The maximum Gasteiger partial charge on any atom is 0.191 e. The lowest BCUT2D eigenvalue weighted by Crippen LogP contribution is -2.38. The fraction of sp³-hybridized carbons (Fsp3) is 0.941. The van der Waals surface area contributed by atoms with Gasteiger partial charge in [0.25, 0.3) is 0 Å². The molecular formula is C17H36N4. The molecule has 0 aromatic rings. The second-order valence-corrected chi connectivity index (χ2v) is 6.48. The van der Waals surface area contributed by atoms with Gasteiger partial charge in [-0.2, -0.15) is 0 Å². The van der Waals surface area contributed by atoms with E-state index in [0.29, 0.717) is 0 Å². The lowest BCUT2D eigenvalue weighted by molar-refractivity contribution is 0.330. The number of hydrogen-bond acceptors (Lipinski definition) is 2. The number of aliphatic imine (C=N–C) groups is 1. The van der Waals surface area contributed by atoms with Crippen molar-refractivity contribution in [3.8, 4) is 0 Å². The van der Waals surface area contributed by atoms with Crippen LogP contribution in [0.2, 0.25) is 0 Å². The molecule has 1 fully saturated rings. The smallest absolute Gasteiger partial charge is 0.191 e. The molecule has 0 aromatic heterocycles. The fourth-order valence-electron chi connectivity index (χ4n) is 2.71. The van der Waals surface area contributed by atoms with Gasteiger partial charge in [-0.1, -0.05) is 13.8 Å². The van der Waals surface area contributed by atoms with Gasteiger partial charge in [-0.3, -0.25) is 4.99 Å². The highest BCUT2D eigenvalue weighted by Gasteiger charge is 2.09. The zero-order chi connectivity index (χ0) is 15.3. The molecule has 0 aliphatic carbocycles. The zero-order valence-electron chi connectivity index (χ0n) is 14.5. The van der Waals surface area contributed by atoms with Crippen LogP contribution < -0.4 is 10.6 Å². The first kappa shape index (κ1) is 18.3. The summed E-state index contributed by atoms with van der Waals surface area (Å²) in [5.41, 5.74) is 0. The number of guanidine groups is 1. The van der Waals surface area contributed by atoms with Crippen LogP contribution in [0.3, 0.4) is 0 Å². The molecule has 0 bridgehead atoms. The van der Waals surface area contributed by atoms with Crippen molar-refractivity contribution in [1.82, 2.24) is 15.5 Å². The molecule has 1 heterocycles. The third-order valence-electron chi connectivity index (χ3n) is 3.95. The third kappa shape index (κ3) is 9.72. The van der Waals surface area contributed by atoms with Crippen molar-refractivity contribution in [3.05, 3.63) is 0 Å². The summed E-state index contributed by atoms with van der Waals surface area (Å²) in [6, 6.07) is 0. The highest BCUT2D eigenvalue weighted by Crippen LogP contribution is 2.07. The molecule has 0 spiro atoms. The summed E-state index contributed by atoms with van der Waals surface area (Å²) >= 11 is 0. The van der Waals surface area contributed by atoms with E-state index in [2.05, 4.69) is 41.3 Å². The van der Waals surface area contributed by atoms with Crippen molar-refractivity contribution in [2.24, 2.45) is 10.9 Å². The van der Waals surface area contributed by atoms with E-state index in [9.17, 15) is 0 Å². The van der Waals surface area contributed by atoms with Gasteiger partial charge in [-0.15, -0.1) is 0 Å². The summed E-state index contributed by atoms with van der Waals surface area (Å²) < 4.78 is 0. The van der Waals surface area contributed by atoms with Gasteiger partial charge in [0.05, 0.1) is 0 Å². The molecule has 4 heteroatoms. The highest BCUT2D eigenvalue weighted by atomic mass is 15.2. The van der Waals surface area contributed by atoms with E-state index in [1.54, 1.807) is 0 Å². The molecule has 124 valence electrons. The molecule has 0 atom stereocenters. The SMILES string of the molecule is CCNC(=NCCCC(C)C)NCCCCN1CCCC1. The van der Waals surface area contributed by atoms with Gasteiger partial charge in [0, 0.05) is 19.6 Å². The predicted octanol–water partition coefficient (Wildman–Crippen LogP) is 2.85. The molecular weight excluding hydrogens is 260 g/mol. The molecule has 4 nitrogen and oxygen atoms in total. The van der Waals surface area contributed by atoms with Crippen LogP contribution in [0, 0.1) is 5.92 Å². The van der Waals surface area contributed by atoms with Gasteiger partial charge in [-0.25, -0.2) is 0 Å². The molecule has 0 aromatic carbocycles. The number of nitrogens with zero attached hydrogens (tertiary/aromatic N) is 2. The number of likely N-dealkylation sites (tertiary alicyclic amines) is 1. The third-order valence-corrected chi connectivity index (χ3v) is 3.95. The maximum absolute atomic E-state index is 4.64. The van der Waals surface area contributed by atoms with Crippen LogP contribution in [-0.4, -0.2) is 50.1 Å².